The first-order valence-electron chi connectivity index (χ1n) is 6.34. The van der Waals surface area contributed by atoms with Gasteiger partial charge in [0, 0.05) is 44.0 Å². The Labute approximate surface area is 107 Å². The van der Waals surface area contributed by atoms with Crippen LogP contribution in [0.3, 0.4) is 0 Å². The van der Waals surface area contributed by atoms with Crippen molar-refractivity contribution in [1.82, 2.24) is 4.90 Å². The lowest BCUT2D eigenvalue weighted by Gasteiger charge is -2.36. The molecule has 1 aromatic rings. The van der Waals surface area contributed by atoms with Crippen LogP contribution >= 0.6 is 0 Å². The predicted molar refractivity (Wildman–Crippen MR) is 72.2 cm³/mol. The summed E-state index contributed by atoms with van der Waals surface area (Å²) in [6.07, 6.45) is 0. The fourth-order valence-electron chi connectivity index (χ4n) is 2.41. The van der Waals surface area contributed by atoms with Crippen molar-refractivity contribution in [2.75, 3.05) is 37.6 Å². The third kappa shape index (κ3) is 2.61. The average molecular weight is 249 g/mol. The summed E-state index contributed by atoms with van der Waals surface area (Å²) in [6, 6.07) is 5.12. The van der Waals surface area contributed by atoms with Crippen molar-refractivity contribution >= 4 is 11.4 Å². The minimum Gasteiger partial charge on any atom is -0.369 e. The van der Waals surface area contributed by atoms with E-state index in [2.05, 4.69) is 16.7 Å². The first-order valence-corrected chi connectivity index (χ1v) is 6.34. The lowest BCUT2D eigenvalue weighted by Crippen LogP contribution is -2.46. The molecule has 1 fully saturated rings. The molecule has 0 saturated carbocycles. The molecule has 0 aliphatic carbocycles. The first kappa shape index (κ1) is 12.8. The molecule has 0 spiro atoms. The van der Waals surface area contributed by atoms with Gasteiger partial charge in [0.05, 0.1) is 4.92 Å². The maximum absolute atomic E-state index is 10.7. The molecule has 1 aliphatic heterocycles. The highest BCUT2D eigenvalue weighted by atomic mass is 16.6. The molecule has 1 heterocycles. The van der Waals surface area contributed by atoms with Crippen LogP contribution in [0.1, 0.15) is 12.5 Å². The molecule has 18 heavy (non-hydrogen) atoms. The van der Waals surface area contributed by atoms with Crippen molar-refractivity contribution in [2.24, 2.45) is 0 Å². The van der Waals surface area contributed by atoms with Gasteiger partial charge in [-0.2, -0.15) is 0 Å². The van der Waals surface area contributed by atoms with E-state index in [0.717, 1.165) is 44.0 Å². The zero-order valence-electron chi connectivity index (χ0n) is 10.9. The van der Waals surface area contributed by atoms with E-state index in [9.17, 15) is 10.1 Å². The van der Waals surface area contributed by atoms with Gasteiger partial charge in [0.25, 0.3) is 5.69 Å². The molecule has 0 aromatic heterocycles. The minimum atomic E-state index is -0.341. The standard InChI is InChI=1S/C13H19N3O2/c1-3-14-6-8-15(9-7-14)13-5-4-12(16(17)18)10-11(13)2/h4-5,10H,3,6-9H2,1-2H3. The maximum Gasteiger partial charge on any atom is 0.269 e. The van der Waals surface area contributed by atoms with Crippen LogP contribution in [-0.2, 0) is 0 Å². The van der Waals surface area contributed by atoms with Crippen molar-refractivity contribution in [1.29, 1.82) is 0 Å². The van der Waals surface area contributed by atoms with Crippen LogP contribution in [0.5, 0.6) is 0 Å². The van der Waals surface area contributed by atoms with Crippen LogP contribution in [0.15, 0.2) is 18.2 Å². The molecule has 1 aromatic carbocycles. The SMILES string of the molecule is CCN1CCN(c2ccc([N+](=O)[O-])cc2C)CC1. The normalized spacial score (nSPS) is 16.9. The average Bonchev–Trinajstić information content (AvgIpc) is 2.38. The van der Waals surface area contributed by atoms with Gasteiger partial charge in [-0.15, -0.1) is 0 Å². The van der Waals surface area contributed by atoms with Crippen LogP contribution < -0.4 is 4.90 Å². The van der Waals surface area contributed by atoms with E-state index in [0.29, 0.717) is 0 Å². The molecule has 5 nitrogen and oxygen atoms in total. The fourth-order valence-corrected chi connectivity index (χ4v) is 2.41. The number of nitro benzene ring substituents is 1. The topological polar surface area (TPSA) is 49.6 Å². The van der Waals surface area contributed by atoms with Crippen molar-refractivity contribution < 1.29 is 4.92 Å². The highest BCUT2D eigenvalue weighted by Gasteiger charge is 2.18. The van der Waals surface area contributed by atoms with Gasteiger partial charge in [0.1, 0.15) is 0 Å². The van der Waals surface area contributed by atoms with E-state index in [1.807, 2.05) is 13.0 Å². The molecule has 1 aliphatic rings. The largest absolute Gasteiger partial charge is 0.369 e. The van der Waals surface area contributed by atoms with Gasteiger partial charge in [0.2, 0.25) is 0 Å². The summed E-state index contributed by atoms with van der Waals surface area (Å²) in [7, 11) is 0. The highest BCUT2D eigenvalue weighted by molar-refractivity contribution is 5.57. The number of benzene rings is 1. The number of likely N-dealkylation sites (N-methyl/N-ethyl adjacent to an activating group) is 1. The number of hydrogen-bond acceptors (Lipinski definition) is 4. The number of rotatable bonds is 3. The number of nitro groups is 1. The molecular formula is C13H19N3O2. The lowest BCUT2D eigenvalue weighted by molar-refractivity contribution is -0.384. The third-order valence-corrected chi connectivity index (χ3v) is 3.55. The van der Waals surface area contributed by atoms with E-state index in [4.69, 9.17) is 0 Å². The number of hydrogen-bond donors (Lipinski definition) is 0. The third-order valence-electron chi connectivity index (χ3n) is 3.55. The summed E-state index contributed by atoms with van der Waals surface area (Å²) < 4.78 is 0. The van der Waals surface area contributed by atoms with Crippen LogP contribution in [-0.4, -0.2) is 42.5 Å². The van der Waals surface area contributed by atoms with E-state index >= 15 is 0 Å². The van der Waals surface area contributed by atoms with Crippen LogP contribution in [0.4, 0.5) is 11.4 Å². The summed E-state index contributed by atoms with van der Waals surface area (Å²) in [6.45, 7) is 9.31. The van der Waals surface area contributed by atoms with Crippen LogP contribution in [0.2, 0.25) is 0 Å². The van der Waals surface area contributed by atoms with E-state index in [1.54, 1.807) is 12.1 Å². The smallest absolute Gasteiger partial charge is 0.269 e. The Morgan fingerprint density at radius 3 is 2.44 bits per heavy atom. The van der Waals surface area contributed by atoms with Crippen molar-refractivity contribution in [3.63, 3.8) is 0 Å². The molecule has 0 unspecified atom stereocenters. The Morgan fingerprint density at radius 1 is 1.28 bits per heavy atom. The number of aryl methyl sites for hydroxylation is 1. The highest BCUT2D eigenvalue weighted by Crippen LogP contribution is 2.25. The first-order chi connectivity index (χ1) is 8.61. The van der Waals surface area contributed by atoms with E-state index in [1.165, 1.54) is 0 Å². The fraction of sp³-hybridized carbons (Fsp3) is 0.538. The van der Waals surface area contributed by atoms with Crippen molar-refractivity contribution in [2.45, 2.75) is 13.8 Å². The van der Waals surface area contributed by atoms with E-state index in [-0.39, 0.29) is 10.6 Å². The molecule has 5 heteroatoms. The van der Waals surface area contributed by atoms with Gasteiger partial charge in [-0.05, 0) is 25.1 Å². The van der Waals surface area contributed by atoms with Gasteiger partial charge >= 0.3 is 0 Å². The van der Waals surface area contributed by atoms with E-state index < -0.39 is 0 Å². The second-order valence-corrected chi connectivity index (χ2v) is 4.65. The second-order valence-electron chi connectivity index (χ2n) is 4.65. The van der Waals surface area contributed by atoms with Crippen molar-refractivity contribution in [3.05, 3.63) is 33.9 Å². The lowest BCUT2D eigenvalue weighted by atomic mass is 10.1. The number of non-ortho nitro benzene ring substituents is 1. The molecule has 98 valence electrons. The summed E-state index contributed by atoms with van der Waals surface area (Å²) in [4.78, 5) is 15.1. The molecule has 0 atom stereocenters. The summed E-state index contributed by atoms with van der Waals surface area (Å²) in [5.41, 5.74) is 2.27. The summed E-state index contributed by atoms with van der Waals surface area (Å²) in [5, 5.41) is 10.7. The second kappa shape index (κ2) is 5.35. The number of anilines is 1. The summed E-state index contributed by atoms with van der Waals surface area (Å²) in [5.74, 6) is 0. The molecule has 2 rings (SSSR count). The predicted octanol–water partition coefficient (Wildman–Crippen LogP) is 2.05. The molecular weight excluding hydrogens is 230 g/mol. The molecule has 0 radical (unpaired) electrons. The summed E-state index contributed by atoms with van der Waals surface area (Å²) >= 11 is 0. The molecule has 0 amide bonds. The van der Waals surface area contributed by atoms with Gasteiger partial charge < -0.3 is 9.80 Å². The van der Waals surface area contributed by atoms with Crippen LogP contribution in [0.25, 0.3) is 0 Å². The monoisotopic (exact) mass is 249 g/mol. The Hall–Kier alpha value is -1.62. The maximum atomic E-state index is 10.7. The Bertz CT molecular complexity index is 440. The molecule has 1 saturated heterocycles. The van der Waals surface area contributed by atoms with Gasteiger partial charge in [-0.25, -0.2) is 0 Å². The molecule has 0 N–H and O–H groups in total. The number of piperazine rings is 1. The zero-order chi connectivity index (χ0) is 13.1. The Balaban J connectivity index is 2.12. The van der Waals surface area contributed by atoms with Crippen LogP contribution in [0, 0.1) is 17.0 Å². The quantitative estimate of drug-likeness (QED) is 0.607. The molecule has 0 bridgehead atoms. The Morgan fingerprint density at radius 2 is 1.94 bits per heavy atom. The van der Waals surface area contributed by atoms with Gasteiger partial charge in [-0.1, -0.05) is 6.92 Å². The minimum absolute atomic E-state index is 0.170. The van der Waals surface area contributed by atoms with Gasteiger partial charge in [0.15, 0.2) is 0 Å². The van der Waals surface area contributed by atoms with Crippen molar-refractivity contribution in [3.8, 4) is 0 Å². The van der Waals surface area contributed by atoms with Gasteiger partial charge in [-0.3, -0.25) is 10.1 Å². The Kier molecular flexibility index (Phi) is 3.81. The number of nitrogens with zero attached hydrogens (tertiary/aromatic N) is 3. The zero-order valence-corrected chi connectivity index (χ0v) is 10.9.